The highest BCUT2D eigenvalue weighted by Gasteiger charge is 2.17. The molecule has 3 nitrogen and oxygen atoms in total. The predicted molar refractivity (Wildman–Crippen MR) is 80.6 cm³/mol. The van der Waals surface area contributed by atoms with E-state index in [0.29, 0.717) is 22.5 Å². The molecule has 0 radical (unpaired) electrons. The molecule has 106 valence electrons. The first kappa shape index (κ1) is 16.3. The second-order valence-electron chi connectivity index (χ2n) is 4.93. The van der Waals surface area contributed by atoms with Crippen LogP contribution in [0.4, 0.5) is 0 Å². The minimum absolute atomic E-state index is 0.00811. The Kier molecular flexibility index (Phi) is 6.63. The number of nitrogens with one attached hydrogen (secondary N) is 2. The van der Waals surface area contributed by atoms with Gasteiger partial charge < -0.3 is 10.6 Å². The highest BCUT2D eigenvalue weighted by molar-refractivity contribution is 6.42. The fraction of sp³-hybridized carbons (Fsp3) is 0.500. The van der Waals surface area contributed by atoms with E-state index in [1.54, 1.807) is 13.1 Å². The van der Waals surface area contributed by atoms with Gasteiger partial charge in [-0.15, -0.1) is 0 Å². The van der Waals surface area contributed by atoms with Crippen molar-refractivity contribution in [2.75, 3.05) is 7.05 Å². The summed E-state index contributed by atoms with van der Waals surface area (Å²) >= 11 is 11.8. The Balaban J connectivity index is 2.64. The van der Waals surface area contributed by atoms with Crippen molar-refractivity contribution in [2.45, 2.75) is 32.9 Å². The Hall–Kier alpha value is -0.770. The van der Waals surface area contributed by atoms with E-state index in [-0.39, 0.29) is 11.9 Å². The smallest absolute Gasteiger partial charge is 0.236 e. The number of hydrogen-bond acceptors (Lipinski definition) is 2. The number of benzene rings is 1. The standard InChI is InChI=1S/C14H20Cl2N2O/c1-9(2)6-13(14(19)17-3)18-8-10-4-5-11(15)12(16)7-10/h4-5,7,9,13,18H,6,8H2,1-3H3,(H,17,19). The van der Waals surface area contributed by atoms with Gasteiger partial charge in [0.2, 0.25) is 5.91 Å². The van der Waals surface area contributed by atoms with Crippen LogP contribution in [0.15, 0.2) is 18.2 Å². The average Bonchev–Trinajstić information content (AvgIpc) is 2.37. The summed E-state index contributed by atoms with van der Waals surface area (Å²) in [4.78, 5) is 11.8. The van der Waals surface area contributed by atoms with E-state index >= 15 is 0 Å². The Morgan fingerprint density at radius 2 is 1.95 bits per heavy atom. The zero-order chi connectivity index (χ0) is 14.4. The molecule has 0 aliphatic rings. The molecule has 0 saturated carbocycles. The Bertz CT molecular complexity index is 435. The third-order valence-electron chi connectivity index (χ3n) is 2.81. The van der Waals surface area contributed by atoms with Crippen molar-refractivity contribution in [3.8, 4) is 0 Å². The van der Waals surface area contributed by atoms with Crippen molar-refractivity contribution in [2.24, 2.45) is 5.92 Å². The lowest BCUT2D eigenvalue weighted by Crippen LogP contribution is -2.43. The molecule has 0 spiro atoms. The summed E-state index contributed by atoms with van der Waals surface area (Å²) in [6, 6.07) is 5.28. The van der Waals surface area contributed by atoms with Crippen molar-refractivity contribution in [3.05, 3.63) is 33.8 Å². The van der Waals surface area contributed by atoms with Gasteiger partial charge in [0, 0.05) is 13.6 Å². The van der Waals surface area contributed by atoms with E-state index in [0.717, 1.165) is 12.0 Å². The van der Waals surface area contributed by atoms with E-state index in [4.69, 9.17) is 23.2 Å². The molecule has 0 aliphatic heterocycles. The molecule has 1 amide bonds. The molecule has 5 heteroatoms. The maximum atomic E-state index is 11.8. The van der Waals surface area contributed by atoms with E-state index in [1.165, 1.54) is 0 Å². The van der Waals surface area contributed by atoms with Gasteiger partial charge in [-0.2, -0.15) is 0 Å². The number of halogens is 2. The number of hydrogen-bond donors (Lipinski definition) is 2. The quantitative estimate of drug-likeness (QED) is 0.847. The fourth-order valence-corrected chi connectivity index (χ4v) is 2.14. The molecule has 1 aromatic rings. The van der Waals surface area contributed by atoms with Gasteiger partial charge in [-0.1, -0.05) is 43.1 Å². The van der Waals surface area contributed by atoms with Gasteiger partial charge in [-0.3, -0.25) is 4.79 Å². The van der Waals surface area contributed by atoms with Gasteiger partial charge in [0.05, 0.1) is 16.1 Å². The van der Waals surface area contributed by atoms with Crippen molar-refractivity contribution >= 4 is 29.1 Å². The SMILES string of the molecule is CNC(=O)C(CC(C)C)NCc1ccc(Cl)c(Cl)c1. The van der Waals surface area contributed by atoms with Crippen LogP contribution in [0.25, 0.3) is 0 Å². The third-order valence-corrected chi connectivity index (χ3v) is 3.55. The maximum absolute atomic E-state index is 11.8. The first-order chi connectivity index (χ1) is 8.93. The number of carbonyl (C=O) groups is 1. The van der Waals surface area contributed by atoms with Crippen LogP contribution in [0.1, 0.15) is 25.8 Å². The van der Waals surface area contributed by atoms with Gasteiger partial charge in [-0.05, 0) is 30.0 Å². The number of rotatable bonds is 6. The van der Waals surface area contributed by atoms with Crippen LogP contribution < -0.4 is 10.6 Å². The van der Waals surface area contributed by atoms with Crippen molar-refractivity contribution < 1.29 is 4.79 Å². The van der Waals surface area contributed by atoms with Crippen LogP contribution in [0.5, 0.6) is 0 Å². The van der Waals surface area contributed by atoms with Crippen molar-refractivity contribution in [1.82, 2.24) is 10.6 Å². The van der Waals surface area contributed by atoms with Crippen LogP contribution >= 0.6 is 23.2 Å². The molecule has 0 heterocycles. The summed E-state index contributed by atoms with van der Waals surface area (Å²) in [6.07, 6.45) is 0.793. The molecule has 19 heavy (non-hydrogen) atoms. The second-order valence-corrected chi connectivity index (χ2v) is 5.74. The monoisotopic (exact) mass is 302 g/mol. The molecule has 2 N–H and O–H groups in total. The Labute approximate surface area is 124 Å². The van der Waals surface area contributed by atoms with E-state index in [9.17, 15) is 4.79 Å². The summed E-state index contributed by atoms with van der Waals surface area (Å²) in [5.74, 6) is 0.456. The highest BCUT2D eigenvalue weighted by Crippen LogP contribution is 2.22. The Morgan fingerprint density at radius 3 is 2.47 bits per heavy atom. The van der Waals surface area contributed by atoms with Crippen LogP contribution in [0.2, 0.25) is 10.0 Å². The predicted octanol–water partition coefficient (Wildman–Crippen LogP) is 3.24. The van der Waals surface area contributed by atoms with Gasteiger partial charge >= 0.3 is 0 Å². The first-order valence-corrected chi connectivity index (χ1v) is 7.08. The first-order valence-electron chi connectivity index (χ1n) is 6.33. The summed E-state index contributed by atoms with van der Waals surface area (Å²) < 4.78 is 0. The lowest BCUT2D eigenvalue weighted by Gasteiger charge is -2.19. The van der Waals surface area contributed by atoms with E-state index < -0.39 is 0 Å². The summed E-state index contributed by atoms with van der Waals surface area (Å²) in [5, 5.41) is 7.00. The number of amides is 1. The van der Waals surface area contributed by atoms with Crippen molar-refractivity contribution in [3.63, 3.8) is 0 Å². The zero-order valence-corrected chi connectivity index (χ0v) is 13.0. The molecule has 1 unspecified atom stereocenters. The fourth-order valence-electron chi connectivity index (χ4n) is 1.82. The largest absolute Gasteiger partial charge is 0.358 e. The number of carbonyl (C=O) groups excluding carboxylic acids is 1. The van der Waals surface area contributed by atoms with Crippen LogP contribution in [-0.2, 0) is 11.3 Å². The molecule has 0 fully saturated rings. The molecular formula is C14H20Cl2N2O. The Morgan fingerprint density at radius 1 is 1.26 bits per heavy atom. The lowest BCUT2D eigenvalue weighted by molar-refractivity contribution is -0.123. The molecule has 1 aromatic carbocycles. The molecule has 1 rings (SSSR count). The lowest BCUT2D eigenvalue weighted by atomic mass is 10.0. The van der Waals surface area contributed by atoms with Crippen LogP contribution in [0, 0.1) is 5.92 Å². The average molecular weight is 303 g/mol. The summed E-state index contributed by atoms with van der Waals surface area (Å²) in [5.41, 5.74) is 1.01. The molecule has 0 aliphatic carbocycles. The normalized spacial score (nSPS) is 12.5. The minimum Gasteiger partial charge on any atom is -0.358 e. The molecule has 1 atom stereocenters. The topological polar surface area (TPSA) is 41.1 Å². The second kappa shape index (κ2) is 7.73. The third kappa shape index (κ3) is 5.39. The summed E-state index contributed by atoms with van der Waals surface area (Å²) in [7, 11) is 1.65. The molecule has 0 saturated heterocycles. The summed E-state index contributed by atoms with van der Waals surface area (Å²) in [6.45, 7) is 4.77. The highest BCUT2D eigenvalue weighted by atomic mass is 35.5. The zero-order valence-electron chi connectivity index (χ0n) is 11.5. The van der Waals surface area contributed by atoms with Crippen LogP contribution in [0.3, 0.4) is 0 Å². The number of likely N-dealkylation sites (N-methyl/N-ethyl adjacent to an activating group) is 1. The van der Waals surface area contributed by atoms with Crippen molar-refractivity contribution in [1.29, 1.82) is 0 Å². The van der Waals surface area contributed by atoms with Gasteiger partial charge in [0.15, 0.2) is 0 Å². The van der Waals surface area contributed by atoms with E-state index in [2.05, 4.69) is 24.5 Å². The molecular weight excluding hydrogens is 283 g/mol. The van der Waals surface area contributed by atoms with Gasteiger partial charge in [-0.25, -0.2) is 0 Å². The molecule has 0 bridgehead atoms. The van der Waals surface area contributed by atoms with Gasteiger partial charge in [0.25, 0.3) is 0 Å². The van der Waals surface area contributed by atoms with E-state index in [1.807, 2.05) is 12.1 Å². The molecule has 0 aromatic heterocycles. The minimum atomic E-state index is -0.195. The van der Waals surface area contributed by atoms with Gasteiger partial charge in [0.1, 0.15) is 0 Å². The van der Waals surface area contributed by atoms with Crippen LogP contribution in [-0.4, -0.2) is 19.0 Å². The maximum Gasteiger partial charge on any atom is 0.236 e.